The average molecular weight is 269 g/mol. The zero-order valence-corrected chi connectivity index (χ0v) is 12.7. The Bertz CT molecular complexity index is 257. The van der Waals surface area contributed by atoms with E-state index in [2.05, 4.69) is 18.7 Å². The smallest absolute Gasteiger partial charge is 0.0597 e. The fourth-order valence-corrected chi connectivity index (χ4v) is 3.77. The van der Waals surface area contributed by atoms with Gasteiger partial charge in [0.1, 0.15) is 0 Å². The zero-order valence-electron chi connectivity index (χ0n) is 12.7. The van der Waals surface area contributed by atoms with Crippen LogP contribution in [0.25, 0.3) is 0 Å². The standard InChI is InChI=1S/C16H31NO2/c1-13(2)19-12-11-17-10-6-5-8-15(17)14-7-3-4-9-16(14)18/h13-16,18H,3-12H2,1-2H3. The van der Waals surface area contributed by atoms with Crippen LogP contribution in [-0.4, -0.2) is 48.0 Å². The topological polar surface area (TPSA) is 32.7 Å². The van der Waals surface area contributed by atoms with Gasteiger partial charge in [-0.05, 0) is 46.1 Å². The summed E-state index contributed by atoms with van der Waals surface area (Å²) in [5.74, 6) is 0.507. The predicted molar refractivity (Wildman–Crippen MR) is 78.3 cm³/mol. The molecule has 3 heteroatoms. The Kier molecular flexibility index (Phi) is 6.11. The molecule has 1 heterocycles. The van der Waals surface area contributed by atoms with Gasteiger partial charge in [-0.15, -0.1) is 0 Å². The monoisotopic (exact) mass is 269 g/mol. The molecule has 3 unspecified atom stereocenters. The summed E-state index contributed by atoms with van der Waals surface area (Å²) in [6, 6.07) is 0.597. The van der Waals surface area contributed by atoms with Crippen LogP contribution in [0.15, 0.2) is 0 Å². The van der Waals surface area contributed by atoms with Gasteiger partial charge in [0, 0.05) is 18.5 Å². The van der Waals surface area contributed by atoms with E-state index in [4.69, 9.17) is 4.74 Å². The van der Waals surface area contributed by atoms with Crippen LogP contribution in [0.4, 0.5) is 0 Å². The fraction of sp³-hybridized carbons (Fsp3) is 1.00. The minimum atomic E-state index is -0.0645. The number of aliphatic hydroxyl groups excluding tert-OH is 1. The van der Waals surface area contributed by atoms with Crippen LogP contribution in [-0.2, 0) is 4.74 Å². The normalized spacial score (nSPS) is 33.8. The lowest BCUT2D eigenvalue weighted by atomic mass is 9.78. The summed E-state index contributed by atoms with van der Waals surface area (Å²) < 4.78 is 5.70. The van der Waals surface area contributed by atoms with E-state index in [9.17, 15) is 5.11 Å². The number of aliphatic hydroxyl groups is 1. The minimum Gasteiger partial charge on any atom is -0.393 e. The van der Waals surface area contributed by atoms with Crippen molar-refractivity contribution in [3.8, 4) is 0 Å². The highest BCUT2D eigenvalue weighted by Crippen LogP contribution is 2.33. The summed E-state index contributed by atoms with van der Waals surface area (Å²) in [7, 11) is 0. The van der Waals surface area contributed by atoms with E-state index < -0.39 is 0 Å². The van der Waals surface area contributed by atoms with Crippen molar-refractivity contribution in [3.63, 3.8) is 0 Å². The van der Waals surface area contributed by atoms with E-state index in [1.807, 2.05) is 0 Å². The number of piperidine rings is 1. The first-order valence-corrected chi connectivity index (χ1v) is 8.22. The van der Waals surface area contributed by atoms with Crippen molar-refractivity contribution in [2.75, 3.05) is 19.7 Å². The Hall–Kier alpha value is -0.120. The number of nitrogens with zero attached hydrogens (tertiary/aromatic N) is 1. The number of rotatable bonds is 5. The lowest BCUT2D eigenvalue weighted by Gasteiger charge is -2.43. The molecule has 2 aliphatic rings. The van der Waals surface area contributed by atoms with E-state index in [1.165, 1.54) is 45.1 Å². The van der Waals surface area contributed by atoms with E-state index >= 15 is 0 Å². The maximum absolute atomic E-state index is 10.3. The van der Waals surface area contributed by atoms with Crippen molar-refractivity contribution in [3.05, 3.63) is 0 Å². The second kappa shape index (κ2) is 7.61. The number of likely N-dealkylation sites (tertiary alicyclic amines) is 1. The maximum Gasteiger partial charge on any atom is 0.0597 e. The molecule has 112 valence electrons. The molecule has 3 nitrogen and oxygen atoms in total. The highest BCUT2D eigenvalue weighted by atomic mass is 16.5. The third-order valence-corrected chi connectivity index (χ3v) is 4.77. The van der Waals surface area contributed by atoms with Gasteiger partial charge in [-0.2, -0.15) is 0 Å². The van der Waals surface area contributed by atoms with Crippen molar-refractivity contribution in [1.29, 1.82) is 0 Å². The van der Waals surface area contributed by atoms with Gasteiger partial charge in [0.05, 0.1) is 18.8 Å². The van der Waals surface area contributed by atoms with E-state index in [-0.39, 0.29) is 6.10 Å². The van der Waals surface area contributed by atoms with Gasteiger partial charge in [0.2, 0.25) is 0 Å². The van der Waals surface area contributed by atoms with Crippen molar-refractivity contribution in [2.24, 2.45) is 5.92 Å². The highest BCUT2D eigenvalue weighted by Gasteiger charge is 2.35. The molecule has 19 heavy (non-hydrogen) atoms. The molecule has 0 amide bonds. The van der Waals surface area contributed by atoms with E-state index in [1.54, 1.807) is 0 Å². The quantitative estimate of drug-likeness (QED) is 0.833. The lowest BCUT2D eigenvalue weighted by Crippen LogP contribution is -2.49. The predicted octanol–water partition coefficient (Wildman–Crippen LogP) is 2.82. The van der Waals surface area contributed by atoms with Gasteiger partial charge in [-0.3, -0.25) is 4.90 Å². The first-order valence-electron chi connectivity index (χ1n) is 8.22. The van der Waals surface area contributed by atoms with Crippen molar-refractivity contribution < 1.29 is 9.84 Å². The second-order valence-electron chi connectivity index (χ2n) is 6.53. The Morgan fingerprint density at radius 2 is 1.84 bits per heavy atom. The molecular formula is C16H31NO2. The van der Waals surface area contributed by atoms with Crippen LogP contribution < -0.4 is 0 Å². The molecule has 2 rings (SSSR count). The van der Waals surface area contributed by atoms with Gasteiger partial charge in [0.25, 0.3) is 0 Å². The second-order valence-corrected chi connectivity index (χ2v) is 6.53. The number of hydrogen-bond donors (Lipinski definition) is 1. The number of ether oxygens (including phenoxy) is 1. The summed E-state index contributed by atoms with van der Waals surface area (Å²) in [5.41, 5.74) is 0. The Balaban J connectivity index is 1.87. The molecule has 1 aliphatic heterocycles. The van der Waals surface area contributed by atoms with Crippen LogP contribution in [0, 0.1) is 5.92 Å². The van der Waals surface area contributed by atoms with Gasteiger partial charge in [0.15, 0.2) is 0 Å². The summed E-state index contributed by atoms with van der Waals surface area (Å²) in [6.45, 7) is 7.25. The molecule has 0 aromatic heterocycles. The molecule has 0 radical (unpaired) electrons. The SMILES string of the molecule is CC(C)OCCN1CCCCC1C1CCCCC1O. The molecular weight excluding hydrogens is 238 g/mol. The summed E-state index contributed by atoms with van der Waals surface area (Å²) in [6.07, 6.45) is 8.90. The Morgan fingerprint density at radius 1 is 1.11 bits per heavy atom. The van der Waals surface area contributed by atoms with Crippen LogP contribution in [0.2, 0.25) is 0 Å². The van der Waals surface area contributed by atoms with Gasteiger partial charge in [-0.1, -0.05) is 19.3 Å². The first kappa shape index (κ1) is 15.3. The van der Waals surface area contributed by atoms with Crippen molar-refractivity contribution >= 4 is 0 Å². The van der Waals surface area contributed by atoms with Crippen LogP contribution >= 0.6 is 0 Å². The molecule has 1 N–H and O–H groups in total. The van der Waals surface area contributed by atoms with Gasteiger partial charge < -0.3 is 9.84 Å². The minimum absolute atomic E-state index is 0.0645. The average Bonchev–Trinajstić information content (AvgIpc) is 2.40. The highest BCUT2D eigenvalue weighted by molar-refractivity contribution is 4.88. The molecule has 0 aromatic rings. The lowest BCUT2D eigenvalue weighted by molar-refractivity contribution is -0.0210. The van der Waals surface area contributed by atoms with Crippen molar-refractivity contribution in [2.45, 2.75) is 77.0 Å². The van der Waals surface area contributed by atoms with Gasteiger partial charge >= 0.3 is 0 Å². The zero-order chi connectivity index (χ0) is 13.7. The van der Waals surface area contributed by atoms with Gasteiger partial charge in [-0.25, -0.2) is 0 Å². The fourth-order valence-electron chi connectivity index (χ4n) is 3.77. The Labute approximate surface area is 118 Å². The summed E-state index contributed by atoms with van der Waals surface area (Å²) >= 11 is 0. The van der Waals surface area contributed by atoms with Crippen LogP contribution in [0.1, 0.15) is 58.8 Å². The number of hydrogen-bond acceptors (Lipinski definition) is 3. The molecule has 1 saturated carbocycles. The maximum atomic E-state index is 10.3. The van der Waals surface area contributed by atoms with E-state index in [0.717, 1.165) is 19.6 Å². The third kappa shape index (κ3) is 4.44. The third-order valence-electron chi connectivity index (χ3n) is 4.77. The first-order chi connectivity index (χ1) is 9.18. The Morgan fingerprint density at radius 3 is 2.58 bits per heavy atom. The molecule has 0 aromatic carbocycles. The molecule has 1 saturated heterocycles. The summed E-state index contributed by atoms with van der Waals surface area (Å²) in [4.78, 5) is 2.59. The molecule has 2 fully saturated rings. The van der Waals surface area contributed by atoms with Crippen LogP contribution in [0.3, 0.4) is 0 Å². The van der Waals surface area contributed by atoms with Crippen molar-refractivity contribution in [1.82, 2.24) is 4.90 Å². The molecule has 0 bridgehead atoms. The van der Waals surface area contributed by atoms with E-state index in [0.29, 0.717) is 18.1 Å². The molecule has 3 atom stereocenters. The van der Waals surface area contributed by atoms with Crippen LogP contribution in [0.5, 0.6) is 0 Å². The summed E-state index contributed by atoms with van der Waals surface area (Å²) in [5, 5.41) is 10.3. The molecule has 1 aliphatic carbocycles. The molecule has 0 spiro atoms. The largest absolute Gasteiger partial charge is 0.393 e.